The van der Waals surface area contributed by atoms with E-state index < -0.39 is 16.8 Å². The predicted molar refractivity (Wildman–Crippen MR) is 75.1 cm³/mol. The summed E-state index contributed by atoms with van der Waals surface area (Å²) in [6.45, 7) is 0. The third-order valence-corrected chi connectivity index (χ3v) is 3.82. The smallest absolute Gasteiger partial charge is 0.308 e. The van der Waals surface area contributed by atoms with Crippen molar-refractivity contribution >= 4 is 28.9 Å². The number of hydrogen-bond donors (Lipinski definition) is 2. The summed E-state index contributed by atoms with van der Waals surface area (Å²) in [4.78, 5) is 21.7. The Morgan fingerprint density at radius 3 is 2.75 bits per heavy atom. The number of nitrogens with one attached hydrogen (secondary N) is 1. The molecule has 0 bridgehead atoms. The topological polar surface area (TPSA) is 92.5 Å². The highest BCUT2D eigenvalue weighted by atomic mass is 35.5. The van der Waals surface area contributed by atoms with Gasteiger partial charge in [-0.25, -0.2) is 0 Å². The van der Waals surface area contributed by atoms with Gasteiger partial charge in [-0.05, 0) is 25.0 Å². The third-order valence-electron chi connectivity index (χ3n) is 3.58. The van der Waals surface area contributed by atoms with Crippen molar-refractivity contribution in [3.05, 3.63) is 33.3 Å². The lowest BCUT2D eigenvalue weighted by Gasteiger charge is -2.29. The van der Waals surface area contributed by atoms with Gasteiger partial charge >= 0.3 is 5.97 Å². The van der Waals surface area contributed by atoms with E-state index in [0.29, 0.717) is 18.5 Å². The number of aliphatic carboxylic acids is 1. The molecule has 1 saturated carbocycles. The van der Waals surface area contributed by atoms with Crippen molar-refractivity contribution < 1.29 is 14.8 Å². The molecule has 0 aliphatic heterocycles. The maximum absolute atomic E-state index is 11.2. The van der Waals surface area contributed by atoms with Crippen LogP contribution >= 0.6 is 11.6 Å². The molecule has 0 amide bonds. The van der Waals surface area contributed by atoms with E-state index in [4.69, 9.17) is 11.6 Å². The Balaban J connectivity index is 2.24. The van der Waals surface area contributed by atoms with Crippen LogP contribution in [0.3, 0.4) is 0 Å². The van der Waals surface area contributed by atoms with Crippen LogP contribution in [0.25, 0.3) is 0 Å². The number of nitrogens with zero attached hydrogens (tertiary/aromatic N) is 1. The molecule has 0 aromatic heterocycles. The number of hydrogen-bond acceptors (Lipinski definition) is 4. The third kappa shape index (κ3) is 3.19. The number of benzene rings is 1. The number of nitro benzene ring substituents is 1. The first-order chi connectivity index (χ1) is 9.49. The molecule has 0 saturated heterocycles. The maximum Gasteiger partial charge on any atom is 0.308 e. The van der Waals surface area contributed by atoms with Gasteiger partial charge in [0.2, 0.25) is 0 Å². The number of nitro groups is 1. The summed E-state index contributed by atoms with van der Waals surface area (Å²) in [5.74, 6) is -1.38. The highest BCUT2D eigenvalue weighted by Gasteiger charge is 2.32. The van der Waals surface area contributed by atoms with E-state index in [1.54, 1.807) is 6.07 Å². The normalized spacial score (nSPS) is 22.2. The van der Waals surface area contributed by atoms with Crippen molar-refractivity contribution in [1.29, 1.82) is 0 Å². The zero-order valence-electron chi connectivity index (χ0n) is 10.7. The Bertz CT molecular complexity index is 535. The van der Waals surface area contributed by atoms with E-state index in [-0.39, 0.29) is 16.8 Å². The summed E-state index contributed by atoms with van der Waals surface area (Å²) >= 11 is 5.76. The lowest BCUT2D eigenvalue weighted by molar-refractivity contribution is -0.384. The van der Waals surface area contributed by atoms with Crippen LogP contribution in [0, 0.1) is 16.0 Å². The van der Waals surface area contributed by atoms with Crippen LogP contribution in [0.15, 0.2) is 18.2 Å². The van der Waals surface area contributed by atoms with E-state index in [1.165, 1.54) is 12.1 Å². The van der Waals surface area contributed by atoms with Gasteiger partial charge in [0.15, 0.2) is 0 Å². The molecule has 6 nitrogen and oxygen atoms in total. The minimum absolute atomic E-state index is 0.132. The Morgan fingerprint density at radius 2 is 2.10 bits per heavy atom. The van der Waals surface area contributed by atoms with Crippen LogP contribution in [-0.4, -0.2) is 22.0 Å². The van der Waals surface area contributed by atoms with E-state index in [9.17, 15) is 20.0 Å². The number of carbonyl (C=O) groups is 1. The van der Waals surface area contributed by atoms with Gasteiger partial charge in [0.1, 0.15) is 5.69 Å². The van der Waals surface area contributed by atoms with Crippen molar-refractivity contribution in [2.24, 2.45) is 5.92 Å². The maximum atomic E-state index is 11.2. The minimum atomic E-state index is -0.862. The monoisotopic (exact) mass is 298 g/mol. The van der Waals surface area contributed by atoms with Gasteiger partial charge in [-0.2, -0.15) is 0 Å². The van der Waals surface area contributed by atoms with Gasteiger partial charge in [0.25, 0.3) is 5.69 Å². The van der Waals surface area contributed by atoms with Crippen molar-refractivity contribution in [1.82, 2.24) is 0 Å². The molecule has 1 aliphatic carbocycles. The predicted octanol–water partition coefficient (Wildman–Crippen LogP) is 3.30. The van der Waals surface area contributed by atoms with E-state index in [1.807, 2.05) is 0 Å². The highest BCUT2D eigenvalue weighted by Crippen LogP contribution is 2.32. The van der Waals surface area contributed by atoms with Gasteiger partial charge in [-0.3, -0.25) is 14.9 Å². The number of carboxylic acid groups (broad SMARTS) is 1. The number of rotatable bonds is 4. The molecule has 108 valence electrons. The zero-order valence-corrected chi connectivity index (χ0v) is 11.5. The molecular formula is C13H15ClN2O4. The van der Waals surface area contributed by atoms with Crippen LogP contribution in [0.2, 0.25) is 5.02 Å². The van der Waals surface area contributed by atoms with Gasteiger partial charge < -0.3 is 10.4 Å². The molecule has 2 atom stereocenters. The summed E-state index contributed by atoms with van der Waals surface area (Å²) in [6, 6.07) is 4.05. The molecule has 1 aliphatic rings. The van der Waals surface area contributed by atoms with Gasteiger partial charge in [0, 0.05) is 17.1 Å². The molecule has 1 aromatic carbocycles. The Hall–Kier alpha value is -1.82. The molecule has 7 heteroatoms. The van der Waals surface area contributed by atoms with Crippen molar-refractivity contribution in [2.45, 2.75) is 31.7 Å². The Morgan fingerprint density at radius 1 is 1.40 bits per heavy atom. The van der Waals surface area contributed by atoms with Gasteiger partial charge in [-0.1, -0.05) is 24.4 Å². The van der Waals surface area contributed by atoms with E-state index in [0.717, 1.165) is 12.8 Å². The molecule has 0 heterocycles. The van der Waals surface area contributed by atoms with Gasteiger partial charge in [-0.15, -0.1) is 0 Å². The quantitative estimate of drug-likeness (QED) is 0.657. The van der Waals surface area contributed by atoms with Crippen LogP contribution in [-0.2, 0) is 4.79 Å². The minimum Gasteiger partial charge on any atom is -0.481 e. The largest absolute Gasteiger partial charge is 0.481 e. The number of anilines is 1. The Kier molecular flexibility index (Phi) is 4.44. The summed E-state index contributed by atoms with van der Waals surface area (Å²) in [5.41, 5.74) is 0.185. The molecule has 1 aromatic rings. The number of halogens is 1. The Labute approximate surface area is 120 Å². The van der Waals surface area contributed by atoms with Gasteiger partial charge in [0.05, 0.1) is 10.8 Å². The summed E-state index contributed by atoms with van der Waals surface area (Å²) in [6.07, 6.45) is 3.08. The van der Waals surface area contributed by atoms with E-state index in [2.05, 4.69) is 5.32 Å². The lowest BCUT2D eigenvalue weighted by atomic mass is 9.84. The summed E-state index contributed by atoms with van der Waals surface area (Å²) in [7, 11) is 0. The number of carboxylic acids is 1. The second-order valence-corrected chi connectivity index (χ2v) is 5.34. The standard InChI is InChI=1S/C13H15ClN2O4/c14-8-5-6-11(12(7-8)16(19)20)15-10-4-2-1-3-9(10)13(17)18/h5-7,9-10,15H,1-4H2,(H,17,18). The first-order valence-electron chi connectivity index (χ1n) is 6.42. The fourth-order valence-electron chi connectivity index (χ4n) is 2.58. The first kappa shape index (κ1) is 14.6. The van der Waals surface area contributed by atoms with Crippen molar-refractivity contribution in [3.63, 3.8) is 0 Å². The average Bonchev–Trinajstić information content (AvgIpc) is 2.41. The fraction of sp³-hybridized carbons (Fsp3) is 0.462. The average molecular weight is 299 g/mol. The summed E-state index contributed by atoms with van der Waals surface area (Å²) in [5, 5.41) is 23.5. The van der Waals surface area contributed by atoms with Crippen LogP contribution in [0.4, 0.5) is 11.4 Å². The second-order valence-electron chi connectivity index (χ2n) is 4.90. The molecule has 1 fully saturated rings. The molecule has 20 heavy (non-hydrogen) atoms. The molecule has 2 rings (SSSR count). The first-order valence-corrected chi connectivity index (χ1v) is 6.80. The van der Waals surface area contributed by atoms with Crippen LogP contribution in [0.5, 0.6) is 0 Å². The molecule has 2 N–H and O–H groups in total. The molecule has 0 radical (unpaired) electrons. The van der Waals surface area contributed by atoms with E-state index >= 15 is 0 Å². The van der Waals surface area contributed by atoms with Crippen molar-refractivity contribution in [3.8, 4) is 0 Å². The SMILES string of the molecule is O=C(O)C1CCCCC1Nc1ccc(Cl)cc1[N+](=O)[O-]. The van der Waals surface area contributed by atoms with Crippen LogP contribution in [0.1, 0.15) is 25.7 Å². The molecule has 2 unspecified atom stereocenters. The zero-order chi connectivity index (χ0) is 14.7. The summed E-state index contributed by atoms with van der Waals surface area (Å²) < 4.78 is 0. The second kappa shape index (κ2) is 6.09. The molecular weight excluding hydrogens is 284 g/mol. The van der Waals surface area contributed by atoms with Crippen molar-refractivity contribution in [2.75, 3.05) is 5.32 Å². The highest BCUT2D eigenvalue weighted by molar-refractivity contribution is 6.30. The fourth-order valence-corrected chi connectivity index (χ4v) is 2.74. The van der Waals surface area contributed by atoms with Crippen LogP contribution < -0.4 is 5.32 Å². The molecule has 0 spiro atoms. The lowest BCUT2D eigenvalue weighted by Crippen LogP contribution is -2.37.